The van der Waals surface area contributed by atoms with Gasteiger partial charge in [0.2, 0.25) is 11.8 Å². The molecular formula is C29H31Cl2N3O3. The fourth-order valence-electron chi connectivity index (χ4n) is 4.69. The highest BCUT2D eigenvalue weighted by atomic mass is 35.5. The summed E-state index contributed by atoms with van der Waals surface area (Å²) in [6, 6.07) is 16.2. The molecule has 1 aliphatic rings. The first-order valence-electron chi connectivity index (χ1n) is 12.7. The molecule has 4 rings (SSSR count). The third-order valence-electron chi connectivity index (χ3n) is 6.76. The molecule has 0 aliphatic carbocycles. The van der Waals surface area contributed by atoms with Gasteiger partial charge in [-0.15, -0.1) is 0 Å². The highest BCUT2D eigenvalue weighted by Crippen LogP contribution is 2.37. The van der Waals surface area contributed by atoms with E-state index in [4.69, 9.17) is 23.2 Å². The minimum Gasteiger partial charge on any atom is -0.354 e. The number of carbonyl (C=O) groups is 3. The Morgan fingerprint density at radius 1 is 1.03 bits per heavy atom. The molecule has 37 heavy (non-hydrogen) atoms. The molecule has 0 unspecified atom stereocenters. The van der Waals surface area contributed by atoms with Crippen LogP contribution in [0.15, 0.2) is 54.6 Å². The maximum atomic E-state index is 13.4. The largest absolute Gasteiger partial charge is 0.354 e. The van der Waals surface area contributed by atoms with Crippen molar-refractivity contribution in [2.75, 3.05) is 18.0 Å². The normalized spacial score (nSPS) is 13.2. The first-order valence-corrected chi connectivity index (χ1v) is 13.4. The Morgan fingerprint density at radius 2 is 1.78 bits per heavy atom. The van der Waals surface area contributed by atoms with Crippen molar-refractivity contribution in [1.29, 1.82) is 0 Å². The van der Waals surface area contributed by atoms with Gasteiger partial charge in [0.1, 0.15) is 6.04 Å². The maximum Gasteiger partial charge on any atom is 0.258 e. The van der Waals surface area contributed by atoms with Crippen molar-refractivity contribution in [2.45, 2.75) is 52.1 Å². The Labute approximate surface area is 227 Å². The van der Waals surface area contributed by atoms with E-state index in [1.165, 1.54) is 0 Å². The number of anilines is 1. The summed E-state index contributed by atoms with van der Waals surface area (Å²) in [5.41, 5.74) is 2.35. The lowest BCUT2D eigenvalue weighted by Crippen LogP contribution is -2.47. The van der Waals surface area contributed by atoms with Crippen molar-refractivity contribution in [1.82, 2.24) is 10.2 Å². The van der Waals surface area contributed by atoms with E-state index in [1.54, 1.807) is 34.9 Å². The Bertz CT molecular complexity index is 1320. The minimum absolute atomic E-state index is 0.0458. The molecule has 0 saturated carbocycles. The minimum atomic E-state index is -0.662. The second-order valence-corrected chi connectivity index (χ2v) is 10.1. The molecular weight excluding hydrogens is 509 g/mol. The van der Waals surface area contributed by atoms with Crippen LogP contribution in [0.5, 0.6) is 0 Å². The van der Waals surface area contributed by atoms with Crippen LogP contribution in [0.1, 0.15) is 55.5 Å². The number of halogens is 2. The van der Waals surface area contributed by atoms with Crippen LogP contribution in [0.3, 0.4) is 0 Å². The zero-order chi connectivity index (χ0) is 26.5. The summed E-state index contributed by atoms with van der Waals surface area (Å²) in [5, 5.41) is 5.73. The Hall–Kier alpha value is -3.09. The van der Waals surface area contributed by atoms with Crippen molar-refractivity contribution >= 4 is 57.4 Å². The average molecular weight is 540 g/mol. The number of benzene rings is 3. The predicted octanol–water partition coefficient (Wildman–Crippen LogP) is 6.22. The molecule has 3 aromatic carbocycles. The number of hydrogen-bond donors (Lipinski definition) is 1. The second-order valence-electron chi connectivity index (χ2n) is 9.33. The van der Waals surface area contributed by atoms with Gasteiger partial charge in [-0.3, -0.25) is 14.4 Å². The smallest absolute Gasteiger partial charge is 0.258 e. The number of nitrogens with zero attached hydrogens (tertiary/aromatic N) is 2. The molecule has 0 spiro atoms. The van der Waals surface area contributed by atoms with Gasteiger partial charge in [-0.25, -0.2) is 0 Å². The van der Waals surface area contributed by atoms with Crippen molar-refractivity contribution < 1.29 is 14.4 Å². The molecule has 6 nitrogen and oxygen atoms in total. The molecule has 0 aromatic heterocycles. The van der Waals surface area contributed by atoms with E-state index < -0.39 is 6.04 Å². The highest BCUT2D eigenvalue weighted by Gasteiger charge is 2.30. The number of nitrogens with one attached hydrogen (secondary N) is 1. The fourth-order valence-corrected chi connectivity index (χ4v) is 5.01. The Balaban J connectivity index is 1.45. The molecule has 1 aliphatic heterocycles. The van der Waals surface area contributed by atoms with Crippen LogP contribution in [0.25, 0.3) is 10.8 Å². The van der Waals surface area contributed by atoms with E-state index >= 15 is 0 Å². The van der Waals surface area contributed by atoms with Crippen molar-refractivity contribution in [3.63, 3.8) is 0 Å². The average Bonchev–Trinajstić information content (AvgIpc) is 3.17. The zero-order valence-corrected chi connectivity index (χ0v) is 22.6. The van der Waals surface area contributed by atoms with Gasteiger partial charge in [-0.1, -0.05) is 66.9 Å². The van der Waals surface area contributed by atoms with Crippen molar-refractivity contribution in [3.05, 3.63) is 75.8 Å². The lowest BCUT2D eigenvalue weighted by atomic mass is 10.1. The van der Waals surface area contributed by atoms with Gasteiger partial charge in [-0.05, 0) is 55.0 Å². The van der Waals surface area contributed by atoms with Gasteiger partial charge in [0, 0.05) is 37.0 Å². The molecule has 194 valence electrons. The summed E-state index contributed by atoms with van der Waals surface area (Å²) in [4.78, 5) is 42.6. The summed E-state index contributed by atoms with van der Waals surface area (Å²) in [6.07, 6.45) is 2.51. The molecule has 8 heteroatoms. The molecule has 3 amide bonds. The molecule has 1 atom stereocenters. The van der Waals surface area contributed by atoms with Gasteiger partial charge in [0.15, 0.2) is 0 Å². The van der Waals surface area contributed by atoms with E-state index in [0.29, 0.717) is 35.1 Å². The fraction of sp³-hybridized carbons (Fsp3) is 0.345. The Morgan fingerprint density at radius 3 is 2.51 bits per heavy atom. The third kappa shape index (κ3) is 5.91. The van der Waals surface area contributed by atoms with Crippen LogP contribution < -0.4 is 10.2 Å². The van der Waals surface area contributed by atoms with Crippen LogP contribution in [-0.4, -0.2) is 41.8 Å². The third-order valence-corrected chi connectivity index (χ3v) is 7.49. The van der Waals surface area contributed by atoms with E-state index in [2.05, 4.69) is 12.2 Å². The topological polar surface area (TPSA) is 69.7 Å². The van der Waals surface area contributed by atoms with Crippen molar-refractivity contribution in [3.8, 4) is 0 Å². The van der Waals surface area contributed by atoms with Crippen molar-refractivity contribution in [2.24, 2.45) is 0 Å². The predicted molar refractivity (Wildman–Crippen MR) is 149 cm³/mol. The SMILES string of the molecule is CCCCNC(=O)[C@H](C)N(Cc1ccc(Cl)c(Cl)c1)C(=O)CCCN1C(=O)c2cccc3cccc1c23. The molecule has 0 fully saturated rings. The second kappa shape index (κ2) is 12.0. The van der Waals surface area contributed by atoms with Gasteiger partial charge >= 0.3 is 0 Å². The van der Waals surface area contributed by atoms with Crippen LogP contribution in [0.2, 0.25) is 10.0 Å². The van der Waals surface area contributed by atoms with Crippen LogP contribution in [0, 0.1) is 0 Å². The lowest BCUT2D eigenvalue weighted by Gasteiger charge is -2.29. The monoisotopic (exact) mass is 539 g/mol. The van der Waals surface area contributed by atoms with Crippen LogP contribution >= 0.6 is 23.2 Å². The van der Waals surface area contributed by atoms with Gasteiger partial charge in [0.25, 0.3) is 5.91 Å². The summed E-state index contributed by atoms with van der Waals surface area (Å²) in [7, 11) is 0. The van der Waals surface area contributed by atoms with E-state index in [0.717, 1.165) is 34.9 Å². The summed E-state index contributed by atoms with van der Waals surface area (Å²) >= 11 is 12.3. The number of rotatable bonds is 11. The van der Waals surface area contributed by atoms with Gasteiger partial charge < -0.3 is 15.1 Å². The summed E-state index contributed by atoms with van der Waals surface area (Å²) in [5.74, 6) is -0.402. The molecule has 0 saturated heterocycles. The molecule has 0 radical (unpaired) electrons. The summed E-state index contributed by atoms with van der Waals surface area (Å²) in [6.45, 7) is 5.00. The van der Waals surface area contributed by atoms with E-state index in [1.807, 2.05) is 36.4 Å². The van der Waals surface area contributed by atoms with Crippen LogP contribution in [-0.2, 0) is 16.1 Å². The quantitative estimate of drug-likeness (QED) is 0.294. The Kier molecular flexibility index (Phi) is 8.72. The number of amides is 3. The maximum absolute atomic E-state index is 13.4. The zero-order valence-electron chi connectivity index (χ0n) is 21.1. The number of unbranched alkanes of at least 4 members (excludes halogenated alkanes) is 1. The number of hydrogen-bond acceptors (Lipinski definition) is 3. The highest BCUT2D eigenvalue weighted by molar-refractivity contribution is 6.42. The first-order chi connectivity index (χ1) is 17.8. The molecule has 1 N–H and O–H groups in total. The van der Waals surface area contributed by atoms with Gasteiger partial charge in [0.05, 0.1) is 15.7 Å². The standard InChI is InChI=1S/C29H31Cl2N3O3/c1-3-4-15-32-28(36)19(2)34(18-20-13-14-23(30)24(31)17-20)26(35)12-7-16-33-25-11-6-9-21-8-5-10-22(27(21)25)29(33)37/h5-6,8-11,13-14,17,19H,3-4,7,12,15-16,18H2,1-2H3,(H,32,36)/t19-/m0/s1. The lowest BCUT2D eigenvalue weighted by molar-refractivity contribution is -0.140. The summed E-state index contributed by atoms with van der Waals surface area (Å²) < 4.78 is 0. The molecule has 1 heterocycles. The van der Waals surface area contributed by atoms with E-state index in [-0.39, 0.29) is 30.7 Å². The first kappa shape index (κ1) is 27.0. The molecule has 3 aromatic rings. The van der Waals surface area contributed by atoms with Gasteiger partial charge in [-0.2, -0.15) is 0 Å². The van der Waals surface area contributed by atoms with E-state index in [9.17, 15) is 14.4 Å². The molecule has 0 bridgehead atoms. The van der Waals surface area contributed by atoms with Crippen LogP contribution in [0.4, 0.5) is 5.69 Å². The number of carbonyl (C=O) groups excluding carboxylic acids is 3.